The van der Waals surface area contributed by atoms with Gasteiger partial charge in [0.2, 0.25) is 0 Å². The number of ether oxygens (including phenoxy) is 4. The van der Waals surface area contributed by atoms with E-state index in [2.05, 4.69) is 23.8 Å². The maximum atomic E-state index is 12.9. The highest BCUT2D eigenvalue weighted by molar-refractivity contribution is 6.12. The first-order valence-corrected chi connectivity index (χ1v) is 11.7. The Kier molecular flexibility index (Phi) is 11.2. The van der Waals surface area contributed by atoms with Gasteiger partial charge in [-0.1, -0.05) is 13.2 Å². The fraction of sp³-hybridized carbons (Fsp3) is 0.222. The van der Waals surface area contributed by atoms with Crippen molar-refractivity contribution in [1.82, 2.24) is 10.6 Å². The average molecular weight is 557 g/mol. The standard InChI is InChI=1S/C27H28N2O11/c1-15(2)24(33)37-11-9-28-26(35)39-17-5-7-19(21(30)13-17)23(32)20-8-6-18(14-22(20)31)40-27(36)29-10-12-38-25(34)16(3)4/h5-8,13-14,30-31H,1,3,9-12H2,2,4H3,(H,28,35)(H,29,36). The lowest BCUT2D eigenvalue weighted by molar-refractivity contribution is -0.139. The predicted molar refractivity (Wildman–Crippen MR) is 139 cm³/mol. The molecular formula is C27H28N2O11. The molecule has 2 rings (SSSR count). The van der Waals surface area contributed by atoms with Gasteiger partial charge in [0.1, 0.15) is 36.2 Å². The van der Waals surface area contributed by atoms with Crippen LogP contribution in [0.3, 0.4) is 0 Å². The zero-order chi connectivity index (χ0) is 29.8. The molecule has 0 spiro atoms. The van der Waals surface area contributed by atoms with Gasteiger partial charge < -0.3 is 39.8 Å². The molecule has 0 saturated carbocycles. The van der Waals surface area contributed by atoms with Crippen molar-refractivity contribution in [2.75, 3.05) is 26.3 Å². The number of phenols is 2. The van der Waals surface area contributed by atoms with E-state index in [9.17, 15) is 34.2 Å². The Morgan fingerprint density at radius 1 is 0.700 bits per heavy atom. The summed E-state index contributed by atoms with van der Waals surface area (Å²) in [5.41, 5.74) is 0.0197. The average Bonchev–Trinajstić information content (AvgIpc) is 2.88. The summed E-state index contributed by atoms with van der Waals surface area (Å²) in [5, 5.41) is 25.3. The van der Waals surface area contributed by atoms with Gasteiger partial charge in [-0.3, -0.25) is 4.79 Å². The zero-order valence-corrected chi connectivity index (χ0v) is 21.8. The minimum absolute atomic E-state index is 0.0358. The molecule has 0 aliphatic carbocycles. The van der Waals surface area contributed by atoms with E-state index in [0.717, 1.165) is 12.1 Å². The van der Waals surface area contributed by atoms with Crippen molar-refractivity contribution in [3.63, 3.8) is 0 Å². The molecule has 0 fully saturated rings. The Bertz CT molecular complexity index is 1230. The second kappa shape index (κ2) is 14.6. The maximum absolute atomic E-state index is 12.9. The molecule has 0 bridgehead atoms. The molecule has 0 radical (unpaired) electrons. The maximum Gasteiger partial charge on any atom is 0.412 e. The molecule has 0 heterocycles. The fourth-order valence-electron chi connectivity index (χ4n) is 2.81. The summed E-state index contributed by atoms with van der Waals surface area (Å²) in [5.74, 6) is -3.20. The molecule has 212 valence electrons. The number of amides is 2. The molecule has 2 aromatic carbocycles. The first-order valence-electron chi connectivity index (χ1n) is 11.7. The van der Waals surface area contributed by atoms with Crippen LogP contribution in [0, 0.1) is 0 Å². The number of nitrogens with one attached hydrogen (secondary N) is 2. The summed E-state index contributed by atoms with van der Waals surface area (Å²) >= 11 is 0. The van der Waals surface area contributed by atoms with Crippen LogP contribution in [0.15, 0.2) is 60.7 Å². The number of hydrogen-bond donors (Lipinski definition) is 4. The number of ketones is 1. The van der Waals surface area contributed by atoms with Gasteiger partial charge in [0.25, 0.3) is 0 Å². The SMILES string of the molecule is C=C(C)C(=O)OCCNC(=O)Oc1ccc(C(=O)c2ccc(OC(=O)NCCOC(=O)C(=C)C)cc2O)c(O)c1. The molecule has 40 heavy (non-hydrogen) atoms. The van der Waals surface area contributed by atoms with Gasteiger partial charge in [-0.15, -0.1) is 0 Å². The lowest BCUT2D eigenvalue weighted by atomic mass is 10.0. The molecule has 4 N–H and O–H groups in total. The number of hydrogen-bond acceptors (Lipinski definition) is 11. The van der Waals surface area contributed by atoms with Gasteiger partial charge in [-0.05, 0) is 38.1 Å². The number of aromatic hydroxyl groups is 2. The number of benzene rings is 2. The summed E-state index contributed by atoms with van der Waals surface area (Å²) in [6, 6.07) is 6.93. The largest absolute Gasteiger partial charge is 0.507 e. The lowest BCUT2D eigenvalue weighted by Crippen LogP contribution is -2.30. The number of carbonyl (C=O) groups is 5. The molecule has 2 amide bonds. The van der Waals surface area contributed by atoms with Gasteiger partial charge >= 0.3 is 24.1 Å². The minimum Gasteiger partial charge on any atom is -0.507 e. The van der Waals surface area contributed by atoms with Crippen molar-refractivity contribution in [2.45, 2.75) is 13.8 Å². The van der Waals surface area contributed by atoms with E-state index in [1.165, 1.54) is 38.1 Å². The second-order valence-corrected chi connectivity index (χ2v) is 8.15. The molecule has 0 aliphatic heterocycles. The number of carbonyl (C=O) groups excluding carboxylic acids is 5. The smallest absolute Gasteiger partial charge is 0.412 e. The zero-order valence-electron chi connectivity index (χ0n) is 21.8. The van der Waals surface area contributed by atoms with Gasteiger partial charge in [0, 0.05) is 23.3 Å². The Labute approximate surface area is 229 Å². The first-order chi connectivity index (χ1) is 18.9. The van der Waals surface area contributed by atoms with Gasteiger partial charge in [0.15, 0.2) is 5.78 Å². The summed E-state index contributed by atoms with van der Waals surface area (Å²) in [6.07, 6.45) is -1.79. The highest BCUT2D eigenvalue weighted by atomic mass is 16.6. The van der Waals surface area contributed by atoms with Crippen molar-refractivity contribution in [2.24, 2.45) is 0 Å². The summed E-state index contributed by atoms with van der Waals surface area (Å²) in [7, 11) is 0. The van der Waals surface area contributed by atoms with Crippen molar-refractivity contribution in [3.05, 3.63) is 71.8 Å². The predicted octanol–water partition coefficient (Wildman–Crippen LogP) is 2.74. The summed E-state index contributed by atoms with van der Waals surface area (Å²) in [4.78, 5) is 59.2. The molecule has 13 heteroatoms. The third kappa shape index (κ3) is 9.52. The quantitative estimate of drug-likeness (QED) is 0.130. The van der Waals surface area contributed by atoms with E-state index in [4.69, 9.17) is 18.9 Å². The Balaban J connectivity index is 1.91. The van der Waals surface area contributed by atoms with Crippen molar-refractivity contribution < 1.29 is 53.1 Å². The van der Waals surface area contributed by atoms with Gasteiger partial charge in [-0.25, -0.2) is 19.2 Å². The van der Waals surface area contributed by atoms with E-state index < -0.39 is 41.4 Å². The molecular weight excluding hydrogens is 528 g/mol. The first kappa shape index (κ1) is 30.9. The normalized spacial score (nSPS) is 10.1. The second-order valence-electron chi connectivity index (χ2n) is 8.15. The van der Waals surface area contributed by atoms with Crippen LogP contribution in [0.5, 0.6) is 23.0 Å². The highest BCUT2D eigenvalue weighted by Gasteiger charge is 2.19. The molecule has 0 unspecified atom stereocenters. The number of phenolic OH excluding ortho intramolecular Hbond substituents is 2. The summed E-state index contributed by atoms with van der Waals surface area (Å²) in [6.45, 7) is 9.53. The Hall–Kier alpha value is -5.33. The van der Waals surface area contributed by atoms with E-state index in [1.54, 1.807) is 0 Å². The number of esters is 2. The van der Waals surface area contributed by atoms with Crippen LogP contribution in [0.2, 0.25) is 0 Å². The van der Waals surface area contributed by atoms with Gasteiger partial charge in [0.05, 0.1) is 24.2 Å². The van der Waals surface area contributed by atoms with Crippen LogP contribution in [0.4, 0.5) is 9.59 Å². The van der Waals surface area contributed by atoms with Crippen LogP contribution < -0.4 is 20.1 Å². The van der Waals surface area contributed by atoms with E-state index in [-0.39, 0.29) is 60.1 Å². The molecule has 0 saturated heterocycles. The Morgan fingerprint density at radius 3 is 1.40 bits per heavy atom. The molecule has 0 aromatic heterocycles. The fourth-order valence-corrected chi connectivity index (χ4v) is 2.81. The van der Waals surface area contributed by atoms with E-state index in [1.807, 2.05) is 0 Å². The van der Waals surface area contributed by atoms with Crippen molar-refractivity contribution in [3.8, 4) is 23.0 Å². The van der Waals surface area contributed by atoms with Gasteiger partial charge in [-0.2, -0.15) is 0 Å². The monoisotopic (exact) mass is 556 g/mol. The van der Waals surface area contributed by atoms with Crippen LogP contribution in [-0.2, 0) is 19.1 Å². The Morgan fingerprint density at radius 2 is 1.07 bits per heavy atom. The van der Waals surface area contributed by atoms with Crippen LogP contribution in [0.25, 0.3) is 0 Å². The topological polar surface area (TPSA) is 187 Å². The third-order valence-electron chi connectivity index (χ3n) is 4.75. The van der Waals surface area contributed by atoms with Crippen LogP contribution >= 0.6 is 0 Å². The minimum atomic E-state index is -0.894. The summed E-state index contributed by atoms with van der Waals surface area (Å²) < 4.78 is 19.7. The van der Waals surface area contributed by atoms with Crippen LogP contribution in [0.1, 0.15) is 29.8 Å². The molecule has 2 aromatic rings. The molecule has 0 atom stereocenters. The highest BCUT2D eigenvalue weighted by Crippen LogP contribution is 2.30. The van der Waals surface area contributed by atoms with E-state index in [0.29, 0.717) is 0 Å². The van der Waals surface area contributed by atoms with Crippen molar-refractivity contribution in [1.29, 1.82) is 0 Å². The molecule has 0 aliphatic rings. The van der Waals surface area contributed by atoms with Crippen molar-refractivity contribution >= 4 is 29.9 Å². The molecule has 13 nitrogen and oxygen atoms in total. The van der Waals surface area contributed by atoms with E-state index >= 15 is 0 Å². The lowest BCUT2D eigenvalue weighted by Gasteiger charge is -2.11. The number of rotatable bonds is 12. The van der Waals surface area contributed by atoms with Crippen LogP contribution in [-0.4, -0.2) is 66.4 Å². The third-order valence-corrected chi connectivity index (χ3v) is 4.75.